The highest BCUT2D eigenvalue weighted by molar-refractivity contribution is 5.86. The van der Waals surface area contributed by atoms with E-state index in [1.54, 1.807) is 0 Å². The van der Waals surface area contributed by atoms with Crippen LogP contribution < -0.4 is 0 Å². The number of carbonyl (C=O) groups excluding carboxylic acids is 1. The maximum atomic E-state index is 12.3. The quantitative estimate of drug-likeness (QED) is 0.276. The van der Waals surface area contributed by atoms with Gasteiger partial charge in [-0.05, 0) is 0 Å². The Morgan fingerprint density at radius 1 is 1.58 bits per heavy atom. The summed E-state index contributed by atoms with van der Waals surface area (Å²) >= 11 is 0. The first-order valence-corrected chi connectivity index (χ1v) is 2.73. The van der Waals surface area contributed by atoms with Crippen molar-refractivity contribution < 1.29 is 23.2 Å². The van der Waals surface area contributed by atoms with Gasteiger partial charge in [0, 0.05) is 4.92 Å². The molecule has 0 bridgehead atoms. The Bertz CT molecular complexity index is 238. The van der Waals surface area contributed by atoms with Crippen LogP contribution in [0.25, 0.3) is 0 Å². The molecule has 68 valence electrons. The van der Waals surface area contributed by atoms with Gasteiger partial charge in [0.2, 0.25) is 11.7 Å². The lowest BCUT2D eigenvalue weighted by Crippen LogP contribution is -2.08. The molecule has 0 atom stereocenters. The smallest absolute Gasteiger partial charge is 0.369 e. The van der Waals surface area contributed by atoms with Gasteiger partial charge in [0.1, 0.15) is 0 Å². The summed E-state index contributed by atoms with van der Waals surface area (Å²) in [5.74, 6) is -5.17. The second-order valence-corrected chi connectivity index (χ2v) is 1.70. The first-order valence-electron chi connectivity index (χ1n) is 2.73. The van der Waals surface area contributed by atoms with Crippen LogP contribution in [0.15, 0.2) is 11.7 Å². The molecule has 0 N–H and O–H groups in total. The zero-order valence-corrected chi connectivity index (χ0v) is 6.04. The summed E-state index contributed by atoms with van der Waals surface area (Å²) in [7, 11) is 0.835. The fourth-order valence-corrected chi connectivity index (χ4v) is 0.383. The van der Waals surface area contributed by atoms with E-state index in [4.69, 9.17) is 0 Å². The van der Waals surface area contributed by atoms with Crippen LogP contribution in [-0.4, -0.2) is 24.5 Å². The van der Waals surface area contributed by atoms with E-state index in [0.717, 1.165) is 7.11 Å². The third kappa shape index (κ3) is 3.04. The average Bonchev–Trinajstić information content (AvgIpc) is 2.00. The number of rotatable bonds is 3. The van der Waals surface area contributed by atoms with Gasteiger partial charge in [-0.1, -0.05) is 0 Å². The van der Waals surface area contributed by atoms with E-state index in [2.05, 4.69) is 4.74 Å². The van der Waals surface area contributed by atoms with Crippen molar-refractivity contribution >= 4 is 5.97 Å². The molecule has 0 aliphatic heterocycles. The van der Waals surface area contributed by atoms with Crippen molar-refractivity contribution in [2.75, 3.05) is 13.7 Å². The SMILES string of the molecule is COC(=O)/C(F)=C(\F)C[N+](=O)[O-]. The summed E-state index contributed by atoms with van der Waals surface area (Å²) in [5.41, 5.74) is 0. The minimum atomic E-state index is -1.87. The molecule has 0 aromatic heterocycles. The molecule has 0 heterocycles. The number of nitrogens with zero attached hydrogens (tertiary/aromatic N) is 1. The molecule has 0 fully saturated rings. The molecule has 0 spiro atoms. The van der Waals surface area contributed by atoms with E-state index in [1.807, 2.05) is 0 Å². The molecule has 0 rings (SSSR count). The second kappa shape index (κ2) is 4.37. The fourth-order valence-electron chi connectivity index (χ4n) is 0.383. The summed E-state index contributed by atoms with van der Waals surface area (Å²) in [6.45, 7) is -1.36. The second-order valence-electron chi connectivity index (χ2n) is 1.70. The molecule has 0 saturated carbocycles. The van der Waals surface area contributed by atoms with E-state index in [9.17, 15) is 23.7 Å². The molecule has 0 aliphatic carbocycles. The summed E-state index contributed by atoms with van der Waals surface area (Å²) in [6.07, 6.45) is 0. The number of hydrogen-bond donors (Lipinski definition) is 0. The molecular weight excluding hydrogens is 176 g/mol. The molecule has 5 nitrogen and oxygen atoms in total. The predicted molar refractivity (Wildman–Crippen MR) is 33.1 cm³/mol. The lowest BCUT2D eigenvalue weighted by molar-refractivity contribution is -0.473. The van der Waals surface area contributed by atoms with Gasteiger partial charge in [0.05, 0.1) is 7.11 Å². The minimum absolute atomic E-state index is 0.835. The third-order valence-corrected chi connectivity index (χ3v) is 0.871. The number of ether oxygens (including phenoxy) is 1. The molecule has 0 aromatic carbocycles. The average molecular weight is 181 g/mol. The van der Waals surface area contributed by atoms with Crippen molar-refractivity contribution in [3.05, 3.63) is 21.8 Å². The van der Waals surface area contributed by atoms with Gasteiger partial charge in [0.15, 0.2) is 0 Å². The van der Waals surface area contributed by atoms with E-state index in [0.29, 0.717) is 0 Å². The van der Waals surface area contributed by atoms with Gasteiger partial charge >= 0.3 is 5.97 Å². The van der Waals surface area contributed by atoms with Crippen LogP contribution in [0.2, 0.25) is 0 Å². The minimum Gasteiger partial charge on any atom is -0.464 e. The summed E-state index contributed by atoms with van der Waals surface area (Å²) in [6, 6.07) is 0. The van der Waals surface area contributed by atoms with E-state index in [1.165, 1.54) is 0 Å². The molecule has 0 unspecified atom stereocenters. The van der Waals surface area contributed by atoms with Gasteiger partial charge in [0.25, 0.3) is 6.54 Å². The molecule has 0 amide bonds. The summed E-state index contributed by atoms with van der Waals surface area (Å²) in [5, 5.41) is 9.64. The van der Waals surface area contributed by atoms with Gasteiger partial charge in [-0.2, -0.15) is 4.39 Å². The number of carbonyl (C=O) groups is 1. The molecule has 0 aromatic rings. The third-order valence-electron chi connectivity index (χ3n) is 0.871. The summed E-state index contributed by atoms with van der Waals surface area (Å²) in [4.78, 5) is 18.8. The largest absolute Gasteiger partial charge is 0.464 e. The monoisotopic (exact) mass is 181 g/mol. The van der Waals surface area contributed by atoms with Crippen molar-refractivity contribution in [2.24, 2.45) is 0 Å². The number of nitro groups is 1. The van der Waals surface area contributed by atoms with Crippen LogP contribution in [0.4, 0.5) is 8.78 Å². The maximum absolute atomic E-state index is 12.3. The van der Waals surface area contributed by atoms with Crippen LogP contribution in [0.1, 0.15) is 0 Å². The molecular formula is C5H5F2NO4. The van der Waals surface area contributed by atoms with E-state index in [-0.39, 0.29) is 0 Å². The van der Waals surface area contributed by atoms with Crippen LogP contribution in [-0.2, 0) is 9.53 Å². The maximum Gasteiger partial charge on any atom is 0.369 e. The lowest BCUT2D eigenvalue weighted by Gasteiger charge is -1.94. The Morgan fingerprint density at radius 3 is 2.42 bits per heavy atom. The standard InChI is InChI=1S/C5H5F2NO4/c1-12-5(9)4(7)3(6)2-8(10)11/h2H2,1H3/b4-3+. The van der Waals surface area contributed by atoms with Crippen LogP contribution >= 0.6 is 0 Å². The van der Waals surface area contributed by atoms with Crippen LogP contribution in [0, 0.1) is 10.1 Å². The molecule has 0 radical (unpaired) electrons. The highest BCUT2D eigenvalue weighted by atomic mass is 19.2. The molecule has 0 saturated heterocycles. The normalized spacial score (nSPS) is 11.9. The topological polar surface area (TPSA) is 69.4 Å². The molecule has 0 aliphatic rings. The zero-order valence-electron chi connectivity index (χ0n) is 6.04. The zero-order chi connectivity index (χ0) is 9.72. The van der Waals surface area contributed by atoms with Crippen molar-refractivity contribution in [3.63, 3.8) is 0 Å². The Balaban J connectivity index is 4.46. The van der Waals surface area contributed by atoms with Crippen molar-refractivity contribution in [3.8, 4) is 0 Å². The number of hydrogen-bond acceptors (Lipinski definition) is 4. The molecule has 7 heteroatoms. The Morgan fingerprint density at radius 2 is 2.08 bits per heavy atom. The first kappa shape index (κ1) is 10.5. The van der Waals surface area contributed by atoms with E-state index < -0.39 is 29.1 Å². The van der Waals surface area contributed by atoms with Gasteiger partial charge in [-0.3, -0.25) is 10.1 Å². The number of esters is 1. The first-order chi connectivity index (χ1) is 5.49. The van der Waals surface area contributed by atoms with Gasteiger partial charge in [-0.25, -0.2) is 9.18 Å². The van der Waals surface area contributed by atoms with Crippen molar-refractivity contribution in [1.29, 1.82) is 0 Å². The van der Waals surface area contributed by atoms with Crippen LogP contribution in [0.3, 0.4) is 0 Å². The highest BCUT2D eigenvalue weighted by Crippen LogP contribution is 2.09. The van der Waals surface area contributed by atoms with Crippen LogP contribution in [0.5, 0.6) is 0 Å². The molecule has 12 heavy (non-hydrogen) atoms. The van der Waals surface area contributed by atoms with Crippen molar-refractivity contribution in [2.45, 2.75) is 0 Å². The fraction of sp³-hybridized carbons (Fsp3) is 0.400. The predicted octanol–water partition coefficient (Wildman–Crippen LogP) is 0.587. The summed E-state index contributed by atoms with van der Waals surface area (Å²) < 4.78 is 28.3. The van der Waals surface area contributed by atoms with E-state index >= 15 is 0 Å². The Labute approximate surface area is 65.8 Å². The number of halogens is 2. The lowest BCUT2D eigenvalue weighted by atomic mass is 10.4. The number of methoxy groups -OCH3 is 1. The van der Waals surface area contributed by atoms with Gasteiger partial charge < -0.3 is 4.74 Å². The van der Waals surface area contributed by atoms with Crippen molar-refractivity contribution in [1.82, 2.24) is 0 Å². The highest BCUT2D eigenvalue weighted by Gasteiger charge is 2.19. The van der Waals surface area contributed by atoms with Gasteiger partial charge in [-0.15, -0.1) is 0 Å². The Hall–Kier alpha value is -1.53. The Kier molecular flexibility index (Phi) is 3.81.